The van der Waals surface area contributed by atoms with Gasteiger partial charge in [-0.15, -0.1) is 0 Å². The maximum Gasteiger partial charge on any atom is 0.0431 e. The van der Waals surface area contributed by atoms with Gasteiger partial charge in [-0.2, -0.15) is 0 Å². The minimum atomic E-state index is 0.338. The van der Waals surface area contributed by atoms with Gasteiger partial charge in [0.1, 0.15) is 0 Å². The maximum atomic E-state index is 8.68. The van der Waals surface area contributed by atoms with Crippen LogP contribution in [0.1, 0.15) is 84.0 Å². The zero-order valence-corrected chi connectivity index (χ0v) is 15.3. The van der Waals surface area contributed by atoms with Gasteiger partial charge in [0.25, 0.3) is 0 Å². The second-order valence-corrected chi connectivity index (χ2v) is 6.02. The quantitative estimate of drug-likeness (QED) is 0.242. The van der Waals surface area contributed by atoms with Crippen LogP contribution in [0.5, 0.6) is 0 Å². The lowest BCUT2D eigenvalue weighted by molar-refractivity contribution is 0.282. The van der Waals surface area contributed by atoms with Crippen LogP contribution < -0.4 is 0 Å². The third kappa shape index (κ3) is 20.9. The molecule has 0 unspecified atom stereocenters. The van der Waals surface area contributed by atoms with Gasteiger partial charge >= 0.3 is 0 Å². The average molecular weight is 319 g/mol. The van der Waals surface area contributed by atoms with Crippen molar-refractivity contribution in [2.45, 2.75) is 84.0 Å². The molecule has 0 amide bonds. The lowest BCUT2D eigenvalue weighted by atomic mass is 10.1. The Balaban J connectivity index is 3.34. The summed E-state index contributed by atoms with van der Waals surface area (Å²) in [6.07, 6.45) is 32.2. The molecule has 0 aromatic rings. The van der Waals surface area contributed by atoms with Crippen LogP contribution in [0.2, 0.25) is 0 Å². The highest BCUT2D eigenvalue weighted by Crippen LogP contribution is 2.04. The van der Waals surface area contributed by atoms with Crippen LogP contribution in [0.3, 0.4) is 0 Å². The molecule has 0 aliphatic heterocycles. The Hall–Kier alpha value is -1.08. The third-order valence-electron chi connectivity index (χ3n) is 3.74. The lowest BCUT2D eigenvalue weighted by Crippen LogP contribution is -1.82. The summed E-state index contributed by atoms with van der Waals surface area (Å²) in [6, 6.07) is 0. The first kappa shape index (κ1) is 21.9. The molecule has 1 nitrogen and oxygen atoms in total. The van der Waals surface area contributed by atoms with E-state index in [4.69, 9.17) is 5.11 Å². The van der Waals surface area contributed by atoms with Crippen molar-refractivity contribution >= 4 is 0 Å². The molecule has 0 aromatic carbocycles. The van der Waals surface area contributed by atoms with Crippen LogP contribution in [0.4, 0.5) is 0 Å². The molecule has 0 saturated heterocycles. The van der Waals surface area contributed by atoms with E-state index < -0.39 is 0 Å². The largest absolute Gasteiger partial charge is 0.396 e. The van der Waals surface area contributed by atoms with E-state index >= 15 is 0 Å². The molecule has 0 saturated carbocycles. The number of hydrogen-bond acceptors (Lipinski definition) is 1. The normalized spacial score (nSPS) is 12.6. The summed E-state index contributed by atoms with van der Waals surface area (Å²) in [7, 11) is 0. The molecular weight excluding hydrogens is 280 g/mol. The first-order valence-corrected chi connectivity index (χ1v) is 9.62. The number of aliphatic hydroxyl groups excluding tert-OH is 1. The molecule has 0 aliphatic carbocycles. The summed E-state index contributed by atoms with van der Waals surface area (Å²) < 4.78 is 0. The average Bonchev–Trinajstić information content (AvgIpc) is 2.57. The summed E-state index contributed by atoms with van der Waals surface area (Å²) in [5, 5.41) is 8.68. The van der Waals surface area contributed by atoms with Crippen molar-refractivity contribution in [2.75, 3.05) is 6.61 Å². The molecule has 23 heavy (non-hydrogen) atoms. The smallest absolute Gasteiger partial charge is 0.0431 e. The molecule has 0 fully saturated rings. The topological polar surface area (TPSA) is 20.2 Å². The van der Waals surface area contributed by atoms with Gasteiger partial charge in [-0.1, -0.05) is 81.2 Å². The van der Waals surface area contributed by atoms with Gasteiger partial charge < -0.3 is 5.11 Å². The number of aliphatic hydroxyl groups is 1. The van der Waals surface area contributed by atoms with Gasteiger partial charge in [0.15, 0.2) is 0 Å². The van der Waals surface area contributed by atoms with E-state index in [2.05, 4.69) is 55.5 Å². The zero-order valence-electron chi connectivity index (χ0n) is 15.3. The fourth-order valence-electron chi connectivity index (χ4n) is 2.29. The van der Waals surface area contributed by atoms with E-state index in [0.717, 1.165) is 32.1 Å². The Kier molecular flexibility index (Phi) is 19.9. The molecule has 1 heteroatoms. The molecule has 0 bridgehead atoms. The van der Waals surface area contributed by atoms with Crippen molar-refractivity contribution in [3.8, 4) is 0 Å². The molecule has 1 N–H and O–H groups in total. The highest BCUT2D eigenvalue weighted by atomic mass is 16.2. The fraction of sp³-hybridized carbons (Fsp3) is 0.636. The lowest BCUT2D eigenvalue weighted by Gasteiger charge is -1.95. The van der Waals surface area contributed by atoms with Gasteiger partial charge in [-0.3, -0.25) is 0 Å². The number of hydrogen-bond donors (Lipinski definition) is 1. The van der Waals surface area contributed by atoms with Gasteiger partial charge in [0.2, 0.25) is 0 Å². The monoisotopic (exact) mass is 318 g/mol. The molecule has 0 atom stereocenters. The molecular formula is C22H38O. The minimum Gasteiger partial charge on any atom is -0.396 e. The van der Waals surface area contributed by atoms with Crippen molar-refractivity contribution in [3.05, 3.63) is 48.6 Å². The van der Waals surface area contributed by atoms with Crippen LogP contribution in [-0.4, -0.2) is 11.7 Å². The van der Waals surface area contributed by atoms with Crippen LogP contribution in [0.15, 0.2) is 48.6 Å². The Labute approximate surface area is 144 Å². The second-order valence-electron chi connectivity index (χ2n) is 6.02. The van der Waals surface area contributed by atoms with E-state index in [1.54, 1.807) is 0 Å². The third-order valence-corrected chi connectivity index (χ3v) is 3.74. The Morgan fingerprint density at radius 1 is 0.522 bits per heavy atom. The summed E-state index contributed by atoms with van der Waals surface area (Å²) in [4.78, 5) is 0. The van der Waals surface area contributed by atoms with Crippen LogP contribution in [0, 0.1) is 0 Å². The second kappa shape index (κ2) is 20.9. The first-order chi connectivity index (χ1) is 11.4. The Morgan fingerprint density at radius 2 is 0.957 bits per heavy atom. The number of unbranched alkanes of at least 4 members (excludes halogenated alkanes) is 7. The van der Waals surface area contributed by atoms with Crippen molar-refractivity contribution in [3.63, 3.8) is 0 Å². The van der Waals surface area contributed by atoms with Crippen LogP contribution in [0.25, 0.3) is 0 Å². The van der Waals surface area contributed by atoms with Crippen LogP contribution in [-0.2, 0) is 0 Å². The van der Waals surface area contributed by atoms with Gasteiger partial charge in [-0.05, 0) is 51.4 Å². The van der Waals surface area contributed by atoms with Crippen LogP contribution >= 0.6 is 0 Å². The summed E-state index contributed by atoms with van der Waals surface area (Å²) >= 11 is 0. The Bertz CT molecular complexity index is 323. The van der Waals surface area contributed by atoms with E-state index in [1.807, 2.05) is 0 Å². The standard InChI is InChI=1S/C22H38O/c1-2-3-4-5-6-7-8-9-10-11-12-13-14-15-16-17-18-19-20-21-22-23/h6-7,9-10,12-13,15-16,23H,2-5,8,11,14,17-22H2,1H3/b7-6-,10-9-,13-12-,16-15-. The number of rotatable bonds is 16. The molecule has 132 valence electrons. The van der Waals surface area contributed by atoms with E-state index in [1.165, 1.54) is 44.9 Å². The summed E-state index contributed by atoms with van der Waals surface area (Å²) in [5.74, 6) is 0. The highest BCUT2D eigenvalue weighted by molar-refractivity contribution is 4.99. The van der Waals surface area contributed by atoms with Crippen molar-refractivity contribution in [1.82, 2.24) is 0 Å². The zero-order chi connectivity index (χ0) is 16.8. The van der Waals surface area contributed by atoms with Gasteiger partial charge in [0, 0.05) is 6.61 Å². The highest BCUT2D eigenvalue weighted by Gasteiger charge is 1.86. The molecule has 0 aliphatic rings. The van der Waals surface area contributed by atoms with Gasteiger partial charge in [-0.25, -0.2) is 0 Å². The molecule has 0 heterocycles. The van der Waals surface area contributed by atoms with Crippen molar-refractivity contribution < 1.29 is 5.11 Å². The molecule has 0 rings (SSSR count). The molecule has 0 aromatic heterocycles. The SMILES string of the molecule is CCCCC/C=C\C/C=C\C/C=C\C/C=C\CCCCCCO. The predicted octanol–water partition coefficient (Wildman–Crippen LogP) is 6.90. The molecule has 0 spiro atoms. The van der Waals surface area contributed by atoms with E-state index in [9.17, 15) is 0 Å². The van der Waals surface area contributed by atoms with E-state index in [0.29, 0.717) is 6.61 Å². The van der Waals surface area contributed by atoms with Crippen molar-refractivity contribution in [2.24, 2.45) is 0 Å². The summed E-state index contributed by atoms with van der Waals surface area (Å²) in [6.45, 7) is 2.58. The first-order valence-electron chi connectivity index (χ1n) is 9.62. The predicted molar refractivity (Wildman–Crippen MR) is 105 cm³/mol. The van der Waals surface area contributed by atoms with Gasteiger partial charge in [0.05, 0.1) is 0 Å². The van der Waals surface area contributed by atoms with E-state index in [-0.39, 0.29) is 0 Å². The minimum absolute atomic E-state index is 0.338. The molecule has 0 radical (unpaired) electrons. The number of allylic oxidation sites excluding steroid dienone is 8. The summed E-state index contributed by atoms with van der Waals surface area (Å²) in [5.41, 5.74) is 0. The Morgan fingerprint density at radius 3 is 1.43 bits per heavy atom. The van der Waals surface area contributed by atoms with Crippen molar-refractivity contribution in [1.29, 1.82) is 0 Å². The maximum absolute atomic E-state index is 8.68. The fourth-order valence-corrected chi connectivity index (χ4v) is 2.29.